The van der Waals surface area contributed by atoms with E-state index in [0.29, 0.717) is 17.8 Å². The first-order chi connectivity index (χ1) is 13.2. The summed E-state index contributed by atoms with van der Waals surface area (Å²) in [5.41, 5.74) is 9.54. The van der Waals surface area contributed by atoms with Crippen molar-refractivity contribution in [1.29, 1.82) is 0 Å². The zero-order chi connectivity index (χ0) is 18.6. The minimum Gasteiger partial charge on any atom is -0.508 e. The molecule has 134 valence electrons. The van der Waals surface area contributed by atoms with Gasteiger partial charge in [-0.3, -0.25) is 10.2 Å². The fourth-order valence-electron chi connectivity index (χ4n) is 3.16. The second-order valence-electron chi connectivity index (χ2n) is 6.22. The smallest absolute Gasteiger partial charge is 0.282 e. The molecular formula is C22H19N3O2. The largest absolute Gasteiger partial charge is 0.508 e. The summed E-state index contributed by atoms with van der Waals surface area (Å²) in [5.74, 6) is -0.0738. The molecule has 4 N–H and O–H groups in total. The van der Waals surface area contributed by atoms with E-state index in [4.69, 9.17) is 0 Å². The number of hydrazine groups is 1. The summed E-state index contributed by atoms with van der Waals surface area (Å²) in [6, 6.07) is 24.7. The van der Waals surface area contributed by atoms with Gasteiger partial charge in [-0.1, -0.05) is 66.7 Å². The molecule has 1 amide bonds. The molecule has 4 aromatic rings. The number of fused-ring (bicyclic) bond motifs is 1. The number of nitrogens with one attached hydrogen (secondary N) is 3. The van der Waals surface area contributed by atoms with Gasteiger partial charge in [0, 0.05) is 28.6 Å². The molecule has 5 nitrogen and oxygen atoms in total. The molecule has 0 saturated heterocycles. The standard InChI is InChI=1S/C22H19N3O2/c26-19-13-7-4-10-16(19)14-23-25-22(27)21-20(15-8-2-1-3-9-15)17-11-5-6-12-18(17)24-21/h1-13,23-24,26H,14H2,(H,25,27). The van der Waals surface area contributed by atoms with Gasteiger partial charge in [0.15, 0.2) is 0 Å². The molecule has 3 aromatic carbocycles. The Morgan fingerprint density at radius 3 is 2.41 bits per heavy atom. The first-order valence-corrected chi connectivity index (χ1v) is 8.70. The lowest BCUT2D eigenvalue weighted by Crippen LogP contribution is -2.37. The van der Waals surface area contributed by atoms with Gasteiger partial charge in [-0.05, 0) is 17.7 Å². The number of aromatic amines is 1. The summed E-state index contributed by atoms with van der Waals surface area (Å²) < 4.78 is 0. The molecule has 1 aromatic heterocycles. The summed E-state index contributed by atoms with van der Waals surface area (Å²) >= 11 is 0. The molecule has 5 heteroatoms. The van der Waals surface area contributed by atoms with Crippen molar-refractivity contribution in [3.63, 3.8) is 0 Å². The van der Waals surface area contributed by atoms with E-state index in [-0.39, 0.29) is 11.7 Å². The molecule has 0 radical (unpaired) electrons. The van der Waals surface area contributed by atoms with Gasteiger partial charge in [-0.15, -0.1) is 0 Å². The number of amides is 1. The van der Waals surface area contributed by atoms with Crippen molar-refractivity contribution >= 4 is 16.8 Å². The Hall–Kier alpha value is -3.57. The van der Waals surface area contributed by atoms with Crippen molar-refractivity contribution in [2.45, 2.75) is 6.54 Å². The monoisotopic (exact) mass is 357 g/mol. The van der Waals surface area contributed by atoms with Crippen LogP contribution in [0.4, 0.5) is 0 Å². The summed E-state index contributed by atoms with van der Waals surface area (Å²) in [5, 5.41) is 10.8. The lowest BCUT2D eigenvalue weighted by Gasteiger charge is -2.09. The molecule has 4 rings (SSSR count). The number of H-pyrrole nitrogens is 1. The maximum Gasteiger partial charge on any atom is 0.282 e. The molecule has 0 unspecified atom stereocenters. The van der Waals surface area contributed by atoms with Gasteiger partial charge in [0.05, 0.1) is 0 Å². The van der Waals surface area contributed by atoms with Crippen LogP contribution in [0.3, 0.4) is 0 Å². The molecule has 27 heavy (non-hydrogen) atoms. The quantitative estimate of drug-likeness (QED) is 0.408. The van der Waals surface area contributed by atoms with Crippen LogP contribution in [0.25, 0.3) is 22.0 Å². The first kappa shape index (κ1) is 16.9. The highest BCUT2D eigenvalue weighted by atomic mass is 16.3. The molecule has 0 atom stereocenters. The van der Waals surface area contributed by atoms with Crippen LogP contribution in [0.15, 0.2) is 78.9 Å². The summed E-state index contributed by atoms with van der Waals surface area (Å²) in [6.07, 6.45) is 0. The van der Waals surface area contributed by atoms with E-state index >= 15 is 0 Å². The van der Waals surface area contributed by atoms with Gasteiger partial charge in [-0.25, -0.2) is 5.43 Å². The number of phenols is 1. The molecule has 0 spiro atoms. The highest BCUT2D eigenvalue weighted by Crippen LogP contribution is 2.32. The molecule has 0 bridgehead atoms. The zero-order valence-electron chi connectivity index (χ0n) is 14.6. The van der Waals surface area contributed by atoms with Crippen LogP contribution >= 0.6 is 0 Å². The lowest BCUT2D eigenvalue weighted by molar-refractivity contribution is 0.0928. The van der Waals surface area contributed by atoms with Crippen LogP contribution in [-0.4, -0.2) is 16.0 Å². The van der Waals surface area contributed by atoms with Crippen molar-refractivity contribution in [3.05, 3.63) is 90.1 Å². The number of aromatic hydroxyl groups is 1. The van der Waals surface area contributed by atoms with Crippen LogP contribution in [0.1, 0.15) is 16.1 Å². The van der Waals surface area contributed by atoms with Crippen LogP contribution in [0, 0.1) is 0 Å². The third kappa shape index (κ3) is 3.41. The molecule has 0 aliphatic carbocycles. The highest BCUT2D eigenvalue weighted by molar-refractivity contribution is 6.09. The maximum atomic E-state index is 12.8. The van der Waals surface area contributed by atoms with Crippen LogP contribution in [-0.2, 0) is 6.54 Å². The Morgan fingerprint density at radius 2 is 1.59 bits per heavy atom. The van der Waals surface area contributed by atoms with Crippen LogP contribution in [0.5, 0.6) is 5.75 Å². The van der Waals surface area contributed by atoms with E-state index in [2.05, 4.69) is 15.8 Å². The Kier molecular flexibility index (Phi) is 4.60. The fourth-order valence-corrected chi connectivity index (χ4v) is 3.16. The van der Waals surface area contributed by atoms with E-state index in [9.17, 15) is 9.90 Å². The predicted molar refractivity (Wildman–Crippen MR) is 106 cm³/mol. The number of para-hydroxylation sites is 2. The third-order valence-corrected chi connectivity index (χ3v) is 4.47. The summed E-state index contributed by atoms with van der Waals surface area (Å²) in [4.78, 5) is 16.0. The SMILES string of the molecule is O=C(NNCc1ccccc1O)c1[nH]c2ccccc2c1-c1ccccc1. The van der Waals surface area contributed by atoms with Gasteiger partial charge in [0.1, 0.15) is 11.4 Å². The van der Waals surface area contributed by atoms with Crippen LogP contribution < -0.4 is 10.9 Å². The normalized spacial score (nSPS) is 10.8. The van der Waals surface area contributed by atoms with Gasteiger partial charge in [0.2, 0.25) is 0 Å². The van der Waals surface area contributed by atoms with E-state index in [1.165, 1.54) is 0 Å². The molecular weight excluding hydrogens is 338 g/mol. The first-order valence-electron chi connectivity index (χ1n) is 8.70. The van der Waals surface area contributed by atoms with Gasteiger partial charge < -0.3 is 10.1 Å². The van der Waals surface area contributed by atoms with Crippen molar-refractivity contribution in [2.24, 2.45) is 0 Å². The highest BCUT2D eigenvalue weighted by Gasteiger charge is 2.18. The summed E-state index contributed by atoms with van der Waals surface area (Å²) in [7, 11) is 0. The molecule has 0 saturated carbocycles. The fraction of sp³-hybridized carbons (Fsp3) is 0.0455. The average Bonchev–Trinajstić information content (AvgIpc) is 3.10. The topological polar surface area (TPSA) is 77.2 Å². The Balaban J connectivity index is 1.61. The van der Waals surface area contributed by atoms with E-state index in [0.717, 1.165) is 22.0 Å². The molecule has 0 fully saturated rings. The number of carbonyl (C=O) groups is 1. The third-order valence-electron chi connectivity index (χ3n) is 4.47. The van der Waals surface area contributed by atoms with Crippen molar-refractivity contribution < 1.29 is 9.90 Å². The van der Waals surface area contributed by atoms with Crippen LogP contribution in [0.2, 0.25) is 0 Å². The van der Waals surface area contributed by atoms with Crippen molar-refractivity contribution in [3.8, 4) is 16.9 Å². The molecule has 0 aliphatic heterocycles. The molecule has 1 heterocycles. The average molecular weight is 357 g/mol. The Labute approximate surface area is 156 Å². The van der Waals surface area contributed by atoms with Crippen molar-refractivity contribution in [2.75, 3.05) is 0 Å². The Morgan fingerprint density at radius 1 is 0.889 bits per heavy atom. The minimum atomic E-state index is -0.263. The van der Waals surface area contributed by atoms with E-state index in [1.54, 1.807) is 18.2 Å². The van der Waals surface area contributed by atoms with E-state index in [1.807, 2.05) is 60.7 Å². The second kappa shape index (κ2) is 7.35. The number of hydrogen-bond donors (Lipinski definition) is 4. The lowest BCUT2D eigenvalue weighted by atomic mass is 10.0. The zero-order valence-corrected chi connectivity index (χ0v) is 14.6. The number of benzene rings is 3. The predicted octanol–water partition coefficient (Wildman–Crippen LogP) is 3.98. The number of phenolic OH excluding ortho intramolecular Hbond substituents is 1. The van der Waals surface area contributed by atoms with Crippen molar-refractivity contribution in [1.82, 2.24) is 15.8 Å². The second-order valence-corrected chi connectivity index (χ2v) is 6.22. The number of rotatable bonds is 5. The Bertz CT molecular complexity index is 1090. The maximum absolute atomic E-state index is 12.8. The van der Waals surface area contributed by atoms with Gasteiger partial charge >= 0.3 is 0 Å². The molecule has 0 aliphatic rings. The van der Waals surface area contributed by atoms with Gasteiger partial charge in [-0.2, -0.15) is 0 Å². The van der Waals surface area contributed by atoms with E-state index < -0.39 is 0 Å². The minimum absolute atomic E-state index is 0.190. The number of aromatic nitrogens is 1. The van der Waals surface area contributed by atoms with Gasteiger partial charge in [0.25, 0.3) is 5.91 Å². The number of hydrogen-bond acceptors (Lipinski definition) is 3. The number of carbonyl (C=O) groups excluding carboxylic acids is 1. The summed E-state index contributed by atoms with van der Waals surface area (Å²) in [6.45, 7) is 0.319.